The van der Waals surface area contributed by atoms with E-state index in [0.717, 1.165) is 21.6 Å². The fraction of sp³-hybridized carbons (Fsp3) is 0.0833. The highest BCUT2D eigenvalue weighted by atomic mass is 79.9. The smallest absolute Gasteiger partial charge is 0.125 e. The monoisotopic (exact) mass is 293 g/mol. The molecule has 0 aliphatic rings. The van der Waals surface area contributed by atoms with Gasteiger partial charge in [0.15, 0.2) is 0 Å². The molecule has 0 radical (unpaired) electrons. The first-order valence-electron chi connectivity index (χ1n) is 5.00. The molecule has 0 saturated carbocycles. The van der Waals surface area contributed by atoms with Crippen molar-refractivity contribution in [3.05, 3.63) is 41.0 Å². The van der Waals surface area contributed by atoms with Gasteiger partial charge in [0.05, 0.1) is 7.11 Å². The summed E-state index contributed by atoms with van der Waals surface area (Å²) in [6.07, 6.45) is 1.66. The van der Waals surface area contributed by atoms with Crippen LogP contribution in [0.15, 0.2) is 41.0 Å². The lowest BCUT2D eigenvalue weighted by atomic mass is 10.3. The minimum atomic E-state index is 0.483. The molecule has 0 fully saturated rings. The summed E-state index contributed by atoms with van der Waals surface area (Å²) >= 11 is 3.42. The third kappa shape index (κ3) is 3.10. The molecular weight excluding hydrogens is 282 g/mol. The van der Waals surface area contributed by atoms with E-state index in [2.05, 4.69) is 26.2 Å². The summed E-state index contributed by atoms with van der Waals surface area (Å²) in [6, 6.07) is 9.38. The molecule has 0 saturated heterocycles. The van der Waals surface area contributed by atoms with Crippen LogP contribution in [0.3, 0.4) is 0 Å². The van der Waals surface area contributed by atoms with Crippen molar-refractivity contribution >= 4 is 33.1 Å². The number of anilines is 3. The van der Waals surface area contributed by atoms with Gasteiger partial charge in [-0.05, 0) is 18.2 Å². The van der Waals surface area contributed by atoms with E-state index in [-0.39, 0.29) is 0 Å². The molecule has 0 amide bonds. The lowest BCUT2D eigenvalue weighted by molar-refractivity contribution is 0.415. The average Bonchev–Trinajstić information content (AvgIpc) is 2.28. The van der Waals surface area contributed by atoms with Crippen LogP contribution < -0.4 is 15.8 Å². The van der Waals surface area contributed by atoms with Crippen LogP contribution in [0.4, 0.5) is 17.2 Å². The van der Waals surface area contributed by atoms with E-state index in [4.69, 9.17) is 10.5 Å². The predicted octanol–water partition coefficient (Wildman–Crippen LogP) is 3.18. The second kappa shape index (κ2) is 5.05. The fourth-order valence-corrected chi connectivity index (χ4v) is 1.92. The summed E-state index contributed by atoms with van der Waals surface area (Å²) in [5.41, 5.74) is 7.42. The predicted molar refractivity (Wildman–Crippen MR) is 72.6 cm³/mol. The van der Waals surface area contributed by atoms with Crippen LogP contribution in [0.1, 0.15) is 0 Å². The second-order valence-corrected chi connectivity index (χ2v) is 4.39. The van der Waals surface area contributed by atoms with Crippen molar-refractivity contribution < 1.29 is 4.74 Å². The van der Waals surface area contributed by atoms with Crippen molar-refractivity contribution in [2.45, 2.75) is 0 Å². The maximum absolute atomic E-state index is 5.61. The number of rotatable bonds is 3. The molecule has 2 rings (SSSR count). The van der Waals surface area contributed by atoms with Gasteiger partial charge in [0, 0.05) is 34.2 Å². The molecule has 1 aromatic heterocycles. The molecule has 5 heteroatoms. The number of ether oxygens (including phenoxy) is 1. The molecule has 4 nitrogen and oxygen atoms in total. The maximum Gasteiger partial charge on any atom is 0.125 e. The zero-order valence-corrected chi connectivity index (χ0v) is 10.9. The first kappa shape index (κ1) is 11.7. The lowest BCUT2D eigenvalue weighted by Crippen LogP contribution is -1.95. The molecule has 0 atom stereocenters. The minimum absolute atomic E-state index is 0.483. The Morgan fingerprint density at radius 2 is 2.06 bits per heavy atom. The third-order valence-corrected chi connectivity index (χ3v) is 2.63. The molecule has 88 valence electrons. The Kier molecular flexibility index (Phi) is 3.49. The third-order valence-electron chi connectivity index (χ3n) is 2.18. The molecule has 1 heterocycles. The highest BCUT2D eigenvalue weighted by Gasteiger charge is 2.00. The Bertz CT molecular complexity index is 531. The van der Waals surface area contributed by atoms with Crippen LogP contribution in [-0.2, 0) is 0 Å². The number of hydrogen-bond donors (Lipinski definition) is 2. The van der Waals surface area contributed by atoms with Gasteiger partial charge in [-0.3, -0.25) is 0 Å². The largest absolute Gasteiger partial charge is 0.497 e. The van der Waals surface area contributed by atoms with Crippen molar-refractivity contribution in [1.82, 2.24) is 4.98 Å². The molecule has 2 aromatic rings. The summed E-state index contributed by atoms with van der Waals surface area (Å²) in [6.45, 7) is 0. The number of pyridine rings is 1. The number of nitrogens with two attached hydrogens (primary N) is 1. The van der Waals surface area contributed by atoms with Gasteiger partial charge in [0.2, 0.25) is 0 Å². The topological polar surface area (TPSA) is 60.2 Å². The Balaban J connectivity index is 2.26. The Labute approximate surface area is 108 Å². The van der Waals surface area contributed by atoms with Crippen molar-refractivity contribution in [3.8, 4) is 5.75 Å². The Morgan fingerprint density at radius 3 is 2.76 bits per heavy atom. The van der Waals surface area contributed by atoms with Gasteiger partial charge in [0.25, 0.3) is 0 Å². The van der Waals surface area contributed by atoms with Gasteiger partial charge in [-0.1, -0.05) is 15.9 Å². The van der Waals surface area contributed by atoms with E-state index >= 15 is 0 Å². The van der Waals surface area contributed by atoms with Gasteiger partial charge in [-0.2, -0.15) is 0 Å². The summed E-state index contributed by atoms with van der Waals surface area (Å²) < 4.78 is 6.14. The number of nitrogens with one attached hydrogen (secondary N) is 1. The Hall–Kier alpha value is -1.75. The number of aromatic nitrogens is 1. The van der Waals surface area contributed by atoms with Gasteiger partial charge in [-0.25, -0.2) is 4.98 Å². The molecule has 0 aliphatic carbocycles. The number of nitrogens with zero attached hydrogens (tertiary/aromatic N) is 1. The normalized spacial score (nSPS) is 10.0. The van der Waals surface area contributed by atoms with Crippen molar-refractivity contribution in [2.24, 2.45) is 0 Å². The van der Waals surface area contributed by atoms with E-state index in [1.807, 2.05) is 24.3 Å². The molecular formula is C12H12BrN3O. The van der Waals surface area contributed by atoms with Crippen LogP contribution in [-0.4, -0.2) is 12.1 Å². The highest BCUT2D eigenvalue weighted by Crippen LogP contribution is 2.27. The van der Waals surface area contributed by atoms with Crippen molar-refractivity contribution in [1.29, 1.82) is 0 Å². The van der Waals surface area contributed by atoms with E-state index in [9.17, 15) is 0 Å². The minimum Gasteiger partial charge on any atom is -0.497 e. The fourth-order valence-electron chi connectivity index (χ4n) is 1.45. The van der Waals surface area contributed by atoms with Crippen LogP contribution in [0.5, 0.6) is 5.75 Å². The van der Waals surface area contributed by atoms with Crippen molar-refractivity contribution in [2.75, 3.05) is 18.2 Å². The Morgan fingerprint density at radius 1 is 1.24 bits per heavy atom. The summed E-state index contributed by atoms with van der Waals surface area (Å²) in [7, 11) is 1.63. The highest BCUT2D eigenvalue weighted by molar-refractivity contribution is 9.10. The van der Waals surface area contributed by atoms with E-state index in [1.165, 1.54) is 0 Å². The number of hydrogen-bond acceptors (Lipinski definition) is 4. The maximum atomic E-state index is 5.61. The van der Waals surface area contributed by atoms with Gasteiger partial charge in [-0.15, -0.1) is 0 Å². The van der Waals surface area contributed by atoms with E-state index in [0.29, 0.717) is 5.82 Å². The first-order chi connectivity index (χ1) is 8.17. The SMILES string of the molecule is COc1cc(Br)cc(Nc2ccnc(N)c2)c1. The van der Waals surface area contributed by atoms with Gasteiger partial charge < -0.3 is 15.8 Å². The van der Waals surface area contributed by atoms with Gasteiger partial charge in [0.1, 0.15) is 11.6 Å². The molecule has 0 spiro atoms. The summed E-state index contributed by atoms with van der Waals surface area (Å²) in [4.78, 5) is 3.94. The van der Waals surface area contributed by atoms with Gasteiger partial charge >= 0.3 is 0 Å². The first-order valence-corrected chi connectivity index (χ1v) is 5.80. The van der Waals surface area contributed by atoms with Crippen LogP contribution in [0, 0.1) is 0 Å². The number of benzene rings is 1. The molecule has 0 bridgehead atoms. The molecule has 1 aromatic carbocycles. The van der Waals surface area contributed by atoms with Crippen molar-refractivity contribution in [3.63, 3.8) is 0 Å². The quantitative estimate of drug-likeness (QED) is 0.912. The number of halogens is 1. The summed E-state index contributed by atoms with van der Waals surface area (Å²) in [5.74, 6) is 1.26. The average molecular weight is 294 g/mol. The van der Waals surface area contributed by atoms with E-state index in [1.54, 1.807) is 19.4 Å². The van der Waals surface area contributed by atoms with Crippen LogP contribution >= 0.6 is 15.9 Å². The number of methoxy groups -OCH3 is 1. The lowest BCUT2D eigenvalue weighted by Gasteiger charge is -2.09. The van der Waals surface area contributed by atoms with Crippen LogP contribution in [0.25, 0.3) is 0 Å². The molecule has 0 aliphatic heterocycles. The standard InChI is InChI=1S/C12H12BrN3O/c1-17-11-5-8(13)4-10(6-11)16-9-2-3-15-12(14)7-9/h2-7H,1H3,(H3,14,15,16). The van der Waals surface area contributed by atoms with E-state index < -0.39 is 0 Å². The summed E-state index contributed by atoms with van der Waals surface area (Å²) in [5, 5.41) is 3.23. The van der Waals surface area contributed by atoms with Crippen LogP contribution in [0.2, 0.25) is 0 Å². The zero-order valence-electron chi connectivity index (χ0n) is 9.27. The number of nitrogen functional groups attached to an aromatic ring is 1. The molecule has 0 unspecified atom stereocenters. The zero-order chi connectivity index (χ0) is 12.3. The molecule has 17 heavy (non-hydrogen) atoms. The second-order valence-electron chi connectivity index (χ2n) is 3.47. The molecule has 3 N–H and O–H groups in total.